The summed E-state index contributed by atoms with van der Waals surface area (Å²) < 4.78 is 0. The molecule has 0 aliphatic heterocycles. The van der Waals surface area contributed by atoms with Crippen molar-refractivity contribution in [3.8, 4) is 11.8 Å². The van der Waals surface area contributed by atoms with Crippen LogP contribution in [0.5, 0.6) is 0 Å². The summed E-state index contributed by atoms with van der Waals surface area (Å²) in [7, 11) is 0. The van der Waals surface area contributed by atoms with E-state index in [4.69, 9.17) is 28.3 Å². The molecule has 0 unspecified atom stereocenters. The summed E-state index contributed by atoms with van der Waals surface area (Å²) in [5.74, 6) is 4.76. The molecule has 0 radical (unpaired) electrons. The zero-order valence-electron chi connectivity index (χ0n) is 7.76. The monoisotopic (exact) mass is 242 g/mol. The van der Waals surface area contributed by atoms with Crippen molar-refractivity contribution in [3.05, 3.63) is 34.3 Å². The molecule has 1 rings (SSSR count). The van der Waals surface area contributed by atoms with Gasteiger partial charge in [0.05, 0.1) is 12.3 Å². The second kappa shape index (κ2) is 5.65. The number of rotatable bonds is 2. The van der Waals surface area contributed by atoms with E-state index in [9.17, 15) is 4.79 Å². The van der Waals surface area contributed by atoms with Crippen molar-refractivity contribution in [1.82, 2.24) is 0 Å². The van der Waals surface area contributed by atoms with Crippen molar-refractivity contribution in [1.29, 1.82) is 0 Å². The summed E-state index contributed by atoms with van der Waals surface area (Å²) in [5.41, 5.74) is 1.26. The Morgan fingerprint density at radius 2 is 2.20 bits per heavy atom. The second-order valence-corrected chi connectivity index (χ2v) is 3.51. The maximum absolute atomic E-state index is 10.6. The lowest BCUT2D eigenvalue weighted by Crippen LogP contribution is -2.02. The molecule has 78 valence electrons. The molecule has 0 spiro atoms. The summed E-state index contributed by atoms with van der Waals surface area (Å²) in [5, 5.41) is 9.21. The average molecular weight is 243 g/mol. The van der Waals surface area contributed by atoms with Crippen LogP contribution in [0.2, 0.25) is 5.02 Å². The molecule has 0 saturated heterocycles. The highest BCUT2D eigenvalue weighted by atomic mass is 35.5. The van der Waals surface area contributed by atoms with Crippen molar-refractivity contribution >= 4 is 29.2 Å². The number of carboxylic acids is 1. The van der Waals surface area contributed by atoms with Gasteiger partial charge < -0.3 is 5.11 Å². The maximum atomic E-state index is 10.6. The number of carbonyl (C=O) groups is 1. The van der Waals surface area contributed by atoms with Gasteiger partial charge in [0, 0.05) is 10.6 Å². The summed E-state index contributed by atoms with van der Waals surface area (Å²) in [6, 6.07) is 4.94. The zero-order chi connectivity index (χ0) is 11.3. The van der Waals surface area contributed by atoms with Crippen molar-refractivity contribution in [2.75, 3.05) is 5.88 Å². The summed E-state index contributed by atoms with van der Waals surface area (Å²) in [4.78, 5) is 10.6. The third-order valence-corrected chi connectivity index (χ3v) is 2.07. The molecule has 0 aliphatic carbocycles. The summed E-state index contributed by atoms with van der Waals surface area (Å²) in [6.07, 6.45) is -0.0660. The maximum Gasteiger partial charge on any atom is 0.307 e. The Bertz CT molecular complexity index is 430. The van der Waals surface area contributed by atoms with Gasteiger partial charge in [0.25, 0.3) is 0 Å². The van der Waals surface area contributed by atoms with Crippen LogP contribution in [-0.2, 0) is 11.2 Å². The molecule has 1 N–H and O–H groups in total. The van der Waals surface area contributed by atoms with Gasteiger partial charge in [-0.3, -0.25) is 4.79 Å². The fraction of sp³-hybridized carbons (Fsp3) is 0.182. The van der Waals surface area contributed by atoms with Crippen molar-refractivity contribution in [2.45, 2.75) is 6.42 Å². The minimum absolute atomic E-state index is 0.0660. The molecule has 0 bridgehead atoms. The van der Waals surface area contributed by atoms with Gasteiger partial charge in [0.15, 0.2) is 0 Å². The van der Waals surface area contributed by atoms with Gasteiger partial charge in [0.2, 0.25) is 0 Å². The highest BCUT2D eigenvalue weighted by Crippen LogP contribution is 2.15. The van der Waals surface area contributed by atoms with Gasteiger partial charge in [-0.1, -0.05) is 29.5 Å². The molecule has 15 heavy (non-hydrogen) atoms. The first-order chi connectivity index (χ1) is 7.13. The van der Waals surface area contributed by atoms with Crippen LogP contribution in [0, 0.1) is 11.8 Å². The van der Waals surface area contributed by atoms with E-state index in [1.165, 1.54) is 0 Å². The topological polar surface area (TPSA) is 37.3 Å². The Morgan fingerprint density at radius 1 is 1.47 bits per heavy atom. The fourth-order valence-corrected chi connectivity index (χ4v) is 1.35. The first-order valence-electron chi connectivity index (χ1n) is 4.18. The van der Waals surface area contributed by atoms with Crippen LogP contribution < -0.4 is 0 Å². The molecule has 0 aromatic heterocycles. The zero-order valence-corrected chi connectivity index (χ0v) is 9.27. The van der Waals surface area contributed by atoms with E-state index in [2.05, 4.69) is 11.8 Å². The summed E-state index contributed by atoms with van der Waals surface area (Å²) >= 11 is 11.2. The molecular weight excluding hydrogens is 235 g/mol. The lowest BCUT2D eigenvalue weighted by atomic mass is 10.1. The van der Waals surface area contributed by atoms with Gasteiger partial charge in [-0.25, -0.2) is 0 Å². The number of carboxylic acid groups (broad SMARTS) is 1. The molecule has 0 aliphatic rings. The molecule has 0 heterocycles. The van der Waals surface area contributed by atoms with Gasteiger partial charge in [-0.2, -0.15) is 0 Å². The lowest BCUT2D eigenvalue weighted by Gasteiger charge is -2.01. The van der Waals surface area contributed by atoms with Crippen molar-refractivity contribution in [3.63, 3.8) is 0 Å². The molecule has 4 heteroatoms. The molecule has 0 atom stereocenters. The Kier molecular flexibility index (Phi) is 4.48. The molecular formula is C11H8Cl2O2. The van der Waals surface area contributed by atoms with E-state index in [0.29, 0.717) is 16.1 Å². The van der Waals surface area contributed by atoms with Crippen LogP contribution in [0.4, 0.5) is 0 Å². The van der Waals surface area contributed by atoms with Gasteiger partial charge >= 0.3 is 5.97 Å². The molecule has 2 nitrogen and oxygen atoms in total. The van der Waals surface area contributed by atoms with Crippen LogP contribution in [0.1, 0.15) is 11.1 Å². The summed E-state index contributed by atoms with van der Waals surface area (Å²) in [6.45, 7) is 0. The smallest absolute Gasteiger partial charge is 0.307 e. The first kappa shape index (κ1) is 11.9. The largest absolute Gasteiger partial charge is 0.481 e. The third kappa shape index (κ3) is 3.83. The number of alkyl halides is 1. The van der Waals surface area contributed by atoms with E-state index in [0.717, 1.165) is 0 Å². The number of halogens is 2. The number of hydrogen-bond acceptors (Lipinski definition) is 1. The number of hydrogen-bond donors (Lipinski definition) is 1. The van der Waals surface area contributed by atoms with Crippen LogP contribution in [-0.4, -0.2) is 17.0 Å². The van der Waals surface area contributed by atoms with Crippen LogP contribution in [0.15, 0.2) is 18.2 Å². The average Bonchev–Trinajstić information content (AvgIpc) is 2.18. The molecule has 0 saturated carbocycles. The number of aliphatic carboxylic acids is 1. The van der Waals surface area contributed by atoms with E-state index in [1.54, 1.807) is 18.2 Å². The lowest BCUT2D eigenvalue weighted by molar-refractivity contribution is -0.136. The quantitative estimate of drug-likeness (QED) is 0.640. The standard InChI is InChI=1S/C11H8Cl2O2/c12-5-1-2-8-6-10(13)4-3-9(8)7-11(14)15/h3-4,6H,5,7H2,(H,14,15). The third-order valence-electron chi connectivity index (χ3n) is 1.70. The van der Waals surface area contributed by atoms with E-state index < -0.39 is 5.97 Å². The predicted octanol–water partition coefficient (Wildman–Crippen LogP) is 2.56. The van der Waals surface area contributed by atoms with Gasteiger partial charge in [0.1, 0.15) is 0 Å². The second-order valence-electron chi connectivity index (χ2n) is 2.81. The van der Waals surface area contributed by atoms with Crippen LogP contribution in [0.25, 0.3) is 0 Å². The normalized spacial score (nSPS) is 9.20. The minimum Gasteiger partial charge on any atom is -0.481 e. The Hall–Kier alpha value is -1.17. The predicted molar refractivity (Wildman–Crippen MR) is 60.4 cm³/mol. The molecule has 1 aromatic rings. The Morgan fingerprint density at radius 3 is 2.80 bits per heavy atom. The highest BCUT2D eigenvalue weighted by Gasteiger charge is 2.05. The molecule has 0 fully saturated rings. The van der Waals surface area contributed by atoms with Crippen molar-refractivity contribution < 1.29 is 9.90 Å². The Balaban J connectivity index is 3.08. The minimum atomic E-state index is -0.897. The van der Waals surface area contributed by atoms with Gasteiger partial charge in [-0.05, 0) is 17.7 Å². The molecule has 0 amide bonds. The number of benzene rings is 1. The van der Waals surface area contributed by atoms with E-state index in [1.807, 2.05) is 0 Å². The van der Waals surface area contributed by atoms with Crippen LogP contribution in [0.3, 0.4) is 0 Å². The SMILES string of the molecule is O=C(O)Cc1ccc(Cl)cc1C#CCCl. The van der Waals surface area contributed by atoms with Gasteiger partial charge in [-0.15, -0.1) is 11.6 Å². The molecule has 1 aromatic carbocycles. The van der Waals surface area contributed by atoms with Crippen LogP contribution >= 0.6 is 23.2 Å². The first-order valence-corrected chi connectivity index (χ1v) is 5.10. The van der Waals surface area contributed by atoms with E-state index in [-0.39, 0.29) is 12.3 Å². The van der Waals surface area contributed by atoms with E-state index >= 15 is 0 Å². The van der Waals surface area contributed by atoms with Crippen molar-refractivity contribution in [2.24, 2.45) is 0 Å². The fourth-order valence-electron chi connectivity index (χ4n) is 1.11. The highest BCUT2D eigenvalue weighted by molar-refractivity contribution is 6.30. The Labute approximate surface area is 97.8 Å².